The van der Waals surface area contributed by atoms with Gasteiger partial charge < -0.3 is 5.32 Å². The summed E-state index contributed by atoms with van der Waals surface area (Å²) >= 11 is 0. The van der Waals surface area contributed by atoms with Crippen LogP contribution in [0.2, 0.25) is 0 Å². The zero-order chi connectivity index (χ0) is 19.3. The average molecular weight is 367 g/mol. The number of fused-ring (bicyclic) bond motifs is 1. The molecule has 0 spiro atoms. The van der Waals surface area contributed by atoms with Crippen LogP contribution in [0.25, 0.3) is 11.7 Å². The number of hydrogen-bond donors (Lipinski definition) is 1. The Morgan fingerprint density at radius 2 is 1.71 bits per heavy atom. The maximum atomic E-state index is 12.6. The molecular weight excluding hydrogens is 346 g/mol. The van der Waals surface area contributed by atoms with E-state index in [0.29, 0.717) is 12.2 Å². The lowest BCUT2D eigenvalue weighted by atomic mass is 10.1. The maximum absolute atomic E-state index is 12.6. The normalized spacial score (nSPS) is 11.2. The fourth-order valence-corrected chi connectivity index (χ4v) is 3.14. The van der Waals surface area contributed by atoms with Gasteiger partial charge >= 0.3 is 0 Å². The molecule has 2 aromatic heterocycles. The van der Waals surface area contributed by atoms with E-state index < -0.39 is 0 Å². The summed E-state index contributed by atoms with van der Waals surface area (Å²) in [5.41, 5.74) is 4.90. The molecule has 0 aliphatic carbocycles. The molecule has 0 saturated carbocycles. The van der Waals surface area contributed by atoms with Crippen molar-refractivity contribution in [3.05, 3.63) is 107 Å². The van der Waals surface area contributed by atoms with Crippen LogP contribution in [0.4, 0.5) is 5.82 Å². The number of imidazole rings is 1. The lowest BCUT2D eigenvalue weighted by Crippen LogP contribution is -2.11. The third-order valence-electron chi connectivity index (χ3n) is 4.52. The zero-order valence-corrected chi connectivity index (χ0v) is 15.7. The molecule has 0 atom stereocenters. The summed E-state index contributed by atoms with van der Waals surface area (Å²) in [6, 6.07) is 23.9. The van der Waals surface area contributed by atoms with E-state index >= 15 is 0 Å². The standard InChI is InChI=1S/C24H21N3O/c1-18-12-14-22-25-21(16-20-10-6-3-7-11-20)24(27(22)17-18)26-23(28)15-13-19-8-4-2-5-9-19/h2-15,17H,16H2,1H3,(H,26,28)/b15-13+. The Hall–Kier alpha value is -3.66. The molecule has 2 heterocycles. The number of rotatable bonds is 5. The number of benzene rings is 2. The van der Waals surface area contributed by atoms with E-state index in [2.05, 4.69) is 17.4 Å². The second-order valence-electron chi connectivity index (χ2n) is 6.74. The van der Waals surface area contributed by atoms with Crippen LogP contribution in [0, 0.1) is 6.92 Å². The molecule has 1 N–H and O–H groups in total. The van der Waals surface area contributed by atoms with Crippen LogP contribution in [-0.4, -0.2) is 15.3 Å². The summed E-state index contributed by atoms with van der Waals surface area (Å²) in [4.78, 5) is 17.3. The number of nitrogens with zero attached hydrogens (tertiary/aromatic N) is 2. The Morgan fingerprint density at radius 3 is 2.46 bits per heavy atom. The molecule has 0 fully saturated rings. The van der Waals surface area contributed by atoms with Gasteiger partial charge in [-0.3, -0.25) is 9.20 Å². The molecule has 138 valence electrons. The highest BCUT2D eigenvalue weighted by molar-refractivity contribution is 6.02. The maximum Gasteiger partial charge on any atom is 0.249 e. The summed E-state index contributed by atoms with van der Waals surface area (Å²) in [5.74, 6) is 0.534. The third-order valence-corrected chi connectivity index (χ3v) is 4.52. The van der Waals surface area contributed by atoms with Crippen LogP contribution < -0.4 is 5.32 Å². The third kappa shape index (κ3) is 4.01. The number of carbonyl (C=O) groups excluding carboxylic acids is 1. The number of aromatic nitrogens is 2. The van der Waals surface area contributed by atoms with E-state index in [4.69, 9.17) is 4.98 Å². The van der Waals surface area contributed by atoms with Gasteiger partial charge in [0.1, 0.15) is 11.5 Å². The van der Waals surface area contributed by atoms with Crippen molar-refractivity contribution >= 4 is 23.4 Å². The first-order valence-electron chi connectivity index (χ1n) is 9.25. The summed E-state index contributed by atoms with van der Waals surface area (Å²) < 4.78 is 1.95. The molecule has 0 unspecified atom stereocenters. The van der Waals surface area contributed by atoms with E-state index in [1.165, 1.54) is 0 Å². The van der Waals surface area contributed by atoms with Crippen LogP contribution in [0.1, 0.15) is 22.4 Å². The molecular formula is C24H21N3O. The van der Waals surface area contributed by atoms with Gasteiger partial charge in [0, 0.05) is 18.7 Å². The van der Waals surface area contributed by atoms with Crippen molar-refractivity contribution in [3.63, 3.8) is 0 Å². The Labute approximate surface area is 164 Å². The van der Waals surface area contributed by atoms with Crippen molar-refractivity contribution in [1.29, 1.82) is 0 Å². The molecule has 0 saturated heterocycles. The highest BCUT2D eigenvalue weighted by Gasteiger charge is 2.14. The number of amides is 1. The van der Waals surface area contributed by atoms with E-state index in [0.717, 1.165) is 28.0 Å². The Morgan fingerprint density at radius 1 is 1.00 bits per heavy atom. The Balaban J connectivity index is 1.65. The molecule has 1 amide bonds. The molecule has 4 nitrogen and oxygen atoms in total. The van der Waals surface area contributed by atoms with Gasteiger partial charge in [-0.05, 0) is 35.8 Å². The molecule has 0 radical (unpaired) electrons. The van der Waals surface area contributed by atoms with Gasteiger partial charge in [-0.2, -0.15) is 0 Å². The minimum atomic E-state index is -0.179. The van der Waals surface area contributed by atoms with Crippen LogP contribution in [-0.2, 0) is 11.2 Å². The SMILES string of the molecule is Cc1ccc2nc(Cc3ccccc3)c(NC(=O)/C=C/c3ccccc3)n2c1. The first kappa shape index (κ1) is 17.7. The van der Waals surface area contributed by atoms with Gasteiger partial charge in [-0.1, -0.05) is 66.7 Å². The van der Waals surface area contributed by atoms with E-state index in [-0.39, 0.29) is 5.91 Å². The monoisotopic (exact) mass is 367 g/mol. The quantitative estimate of drug-likeness (QED) is 0.511. The lowest BCUT2D eigenvalue weighted by molar-refractivity contribution is -0.111. The minimum absolute atomic E-state index is 0.179. The van der Waals surface area contributed by atoms with E-state index in [1.807, 2.05) is 78.2 Å². The van der Waals surface area contributed by atoms with Gasteiger partial charge in [-0.25, -0.2) is 4.98 Å². The first-order chi connectivity index (χ1) is 13.7. The smallest absolute Gasteiger partial charge is 0.249 e. The van der Waals surface area contributed by atoms with Gasteiger partial charge in [0.15, 0.2) is 0 Å². The second-order valence-corrected chi connectivity index (χ2v) is 6.74. The number of anilines is 1. The highest BCUT2D eigenvalue weighted by atomic mass is 16.1. The molecule has 2 aromatic carbocycles. The number of pyridine rings is 1. The molecule has 4 aromatic rings. The first-order valence-corrected chi connectivity index (χ1v) is 9.25. The predicted molar refractivity (Wildman–Crippen MR) is 113 cm³/mol. The molecule has 28 heavy (non-hydrogen) atoms. The van der Waals surface area contributed by atoms with Gasteiger partial charge in [0.25, 0.3) is 0 Å². The summed E-state index contributed by atoms with van der Waals surface area (Å²) in [6.45, 7) is 2.03. The summed E-state index contributed by atoms with van der Waals surface area (Å²) in [5, 5.41) is 3.03. The molecule has 4 rings (SSSR count). The predicted octanol–water partition coefficient (Wildman–Crippen LogP) is 4.89. The van der Waals surface area contributed by atoms with Crippen molar-refractivity contribution in [1.82, 2.24) is 9.38 Å². The second kappa shape index (κ2) is 7.92. The summed E-state index contributed by atoms with van der Waals surface area (Å²) in [6.07, 6.45) is 6.00. The Bertz CT molecular complexity index is 1130. The van der Waals surface area contributed by atoms with Gasteiger partial charge in [-0.15, -0.1) is 0 Å². The van der Waals surface area contributed by atoms with Crippen LogP contribution in [0.15, 0.2) is 85.1 Å². The fourth-order valence-electron chi connectivity index (χ4n) is 3.14. The van der Waals surface area contributed by atoms with Crippen molar-refractivity contribution in [2.24, 2.45) is 0 Å². The number of nitrogens with one attached hydrogen (secondary N) is 1. The van der Waals surface area contributed by atoms with Crippen molar-refractivity contribution in [2.45, 2.75) is 13.3 Å². The average Bonchev–Trinajstić information content (AvgIpc) is 3.04. The highest BCUT2D eigenvalue weighted by Crippen LogP contribution is 2.22. The largest absolute Gasteiger partial charge is 0.307 e. The van der Waals surface area contributed by atoms with Crippen LogP contribution >= 0.6 is 0 Å². The number of hydrogen-bond acceptors (Lipinski definition) is 2. The van der Waals surface area contributed by atoms with Gasteiger partial charge in [0.05, 0.1) is 5.69 Å². The molecule has 0 bridgehead atoms. The fraction of sp³-hybridized carbons (Fsp3) is 0.0833. The number of aryl methyl sites for hydroxylation is 1. The van der Waals surface area contributed by atoms with Crippen molar-refractivity contribution < 1.29 is 4.79 Å². The molecule has 0 aliphatic heterocycles. The van der Waals surface area contributed by atoms with Crippen LogP contribution in [0.3, 0.4) is 0 Å². The van der Waals surface area contributed by atoms with E-state index in [1.54, 1.807) is 12.2 Å². The topological polar surface area (TPSA) is 46.4 Å². The van der Waals surface area contributed by atoms with Crippen molar-refractivity contribution in [3.8, 4) is 0 Å². The van der Waals surface area contributed by atoms with Crippen LogP contribution in [0.5, 0.6) is 0 Å². The van der Waals surface area contributed by atoms with Crippen molar-refractivity contribution in [2.75, 3.05) is 5.32 Å². The zero-order valence-electron chi connectivity index (χ0n) is 15.7. The lowest BCUT2D eigenvalue weighted by Gasteiger charge is -2.07. The molecule has 4 heteroatoms. The summed E-state index contributed by atoms with van der Waals surface area (Å²) in [7, 11) is 0. The molecule has 0 aliphatic rings. The Kier molecular flexibility index (Phi) is 5.02. The van der Waals surface area contributed by atoms with E-state index in [9.17, 15) is 4.79 Å². The minimum Gasteiger partial charge on any atom is -0.307 e. The van der Waals surface area contributed by atoms with Gasteiger partial charge in [0.2, 0.25) is 5.91 Å². The number of carbonyl (C=O) groups is 1.